The molecule has 0 N–H and O–H groups in total. The van der Waals surface area contributed by atoms with Crippen LogP contribution in [-0.2, 0) is 0 Å². The number of aromatic nitrogens is 1. The van der Waals surface area contributed by atoms with E-state index in [4.69, 9.17) is 15.0 Å². The van der Waals surface area contributed by atoms with Gasteiger partial charge in [-0.2, -0.15) is 0 Å². The second-order valence-electron chi connectivity index (χ2n) is 7.51. The minimum atomic E-state index is 0.480. The molecule has 0 radical (unpaired) electrons. The summed E-state index contributed by atoms with van der Waals surface area (Å²) in [4.78, 5) is 14.6. The number of aliphatic imine (C=N–C) groups is 2. The molecule has 26 heavy (non-hydrogen) atoms. The van der Waals surface area contributed by atoms with Crippen molar-refractivity contribution >= 4 is 17.1 Å². The molecule has 1 saturated carbocycles. The van der Waals surface area contributed by atoms with Crippen molar-refractivity contribution in [3.05, 3.63) is 58.4 Å². The molecule has 3 nitrogen and oxygen atoms in total. The zero-order valence-corrected chi connectivity index (χ0v) is 16.6. The predicted octanol–water partition coefficient (Wildman–Crippen LogP) is 5.90. The normalized spacial score (nSPS) is 16.3. The lowest BCUT2D eigenvalue weighted by atomic mass is 10.1. The number of hydrogen-bond acceptors (Lipinski definition) is 3. The van der Waals surface area contributed by atoms with E-state index in [-0.39, 0.29) is 0 Å². The fourth-order valence-electron chi connectivity index (χ4n) is 3.78. The van der Waals surface area contributed by atoms with E-state index < -0.39 is 0 Å². The molecule has 3 rings (SSSR count). The standard InChI is InChI=1S/C23H29N3/c1-15-13-16(2)23(17(3)14-15)25-19(5)22-12-8-11-21(26-22)18(4)24-20-9-6-7-10-20/h8,11-14,20H,6-7,9-10H2,1-5H3. The van der Waals surface area contributed by atoms with Gasteiger partial charge < -0.3 is 0 Å². The monoisotopic (exact) mass is 347 g/mol. The van der Waals surface area contributed by atoms with E-state index in [0.29, 0.717) is 6.04 Å². The van der Waals surface area contributed by atoms with Crippen molar-refractivity contribution in [2.75, 3.05) is 0 Å². The summed E-state index contributed by atoms with van der Waals surface area (Å²) < 4.78 is 0. The lowest BCUT2D eigenvalue weighted by molar-refractivity contribution is 0.706. The molecular formula is C23H29N3. The quantitative estimate of drug-likeness (QED) is 0.634. The van der Waals surface area contributed by atoms with Crippen molar-refractivity contribution in [1.29, 1.82) is 0 Å². The molecule has 0 aliphatic heterocycles. The topological polar surface area (TPSA) is 37.6 Å². The molecule has 0 amide bonds. The molecule has 3 heteroatoms. The molecule has 1 heterocycles. The molecule has 1 aromatic carbocycles. The van der Waals surface area contributed by atoms with Gasteiger partial charge in [-0.3, -0.25) is 9.98 Å². The van der Waals surface area contributed by atoms with Crippen LogP contribution in [0.4, 0.5) is 5.69 Å². The largest absolute Gasteiger partial charge is 0.284 e. The smallest absolute Gasteiger partial charge is 0.0849 e. The Hall–Kier alpha value is -2.29. The van der Waals surface area contributed by atoms with Crippen LogP contribution in [0.3, 0.4) is 0 Å². The molecule has 1 aromatic heterocycles. The van der Waals surface area contributed by atoms with E-state index in [1.54, 1.807) is 0 Å². The first-order valence-electron chi connectivity index (χ1n) is 9.59. The second kappa shape index (κ2) is 7.94. The first-order valence-corrected chi connectivity index (χ1v) is 9.59. The Morgan fingerprint density at radius 3 is 2.12 bits per heavy atom. The average Bonchev–Trinajstić information content (AvgIpc) is 3.11. The zero-order valence-electron chi connectivity index (χ0n) is 16.6. The lowest BCUT2D eigenvalue weighted by Crippen LogP contribution is -2.08. The molecule has 0 bridgehead atoms. The van der Waals surface area contributed by atoms with Crippen LogP contribution in [0.2, 0.25) is 0 Å². The Balaban J connectivity index is 1.90. The molecule has 1 fully saturated rings. The second-order valence-corrected chi connectivity index (χ2v) is 7.51. The summed E-state index contributed by atoms with van der Waals surface area (Å²) >= 11 is 0. The number of nitrogens with zero attached hydrogens (tertiary/aromatic N) is 3. The maximum absolute atomic E-state index is 4.89. The molecule has 136 valence electrons. The van der Waals surface area contributed by atoms with Gasteiger partial charge in [0, 0.05) is 0 Å². The van der Waals surface area contributed by atoms with E-state index >= 15 is 0 Å². The van der Waals surface area contributed by atoms with Crippen LogP contribution in [0, 0.1) is 20.8 Å². The van der Waals surface area contributed by atoms with Gasteiger partial charge in [-0.05, 0) is 70.7 Å². The third-order valence-corrected chi connectivity index (χ3v) is 5.11. The predicted molar refractivity (Wildman–Crippen MR) is 111 cm³/mol. The number of pyridine rings is 1. The Morgan fingerprint density at radius 1 is 0.923 bits per heavy atom. The van der Waals surface area contributed by atoms with Crippen molar-refractivity contribution in [2.24, 2.45) is 9.98 Å². The van der Waals surface area contributed by atoms with Crippen LogP contribution in [0.5, 0.6) is 0 Å². The van der Waals surface area contributed by atoms with Crippen molar-refractivity contribution < 1.29 is 0 Å². The first-order chi connectivity index (χ1) is 12.4. The maximum atomic E-state index is 4.89. The summed E-state index contributed by atoms with van der Waals surface area (Å²) in [7, 11) is 0. The van der Waals surface area contributed by atoms with Crippen molar-refractivity contribution in [1.82, 2.24) is 4.98 Å². The highest BCUT2D eigenvalue weighted by Crippen LogP contribution is 2.26. The third-order valence-electron chi connectivity index (χ3n) is 5.11. The van der Waals surface area contributed by atoms with E-state index in [9.17, 15) is 0 Å². The van der Waals surface area contributed by atoms with Crippen LogP contribution in [0.1, 0.15) is 67.6 Å². The fourth-order valence-corrected chi connectivity index (χ4v) is 3.78. The summed E-state index contributed by atoms with van der Waals surface area (Å²) in [5, 5.41) is 0. The number of benzene rings is 1. The van der Waals surface area contributed by atoms with Gasteiger partial charge in [-0.25, -0.2) is 4.98 Å². The van der Waals surface area contributed by atoms with Gasteiger partial charge in [0.15, 0.2) is 0 Å². The van der Waals surface area contributed by atoms with Crippen LogP contribution >= 0.6 is 0 Å². The highest BCUT2D eigenvalue weighted by atomic mass is 14.9. The van der Waals surface area contributed by atoms with Gasteiger partial charge in [0.25, 0.3) is 0 Å². The summed E-state index contributed by atoms with van der Waals surface area (Å²) in [6, 6.07) is 11.0. The molecule has 0 saturated heterocycles. The zero-order chi connectivity index (χ0) is 18.7. The number of aryl methyl sites for hydroxylation is 3. The van der Waals surface area contributed by atoms with Crippen molar-refractivity contribution in [3.63, 3.8) is 0 Å². The Morgan fingerprint density at radius 2 is 1.50 bits per heavy atom. The minimum absolute atomic E-state index is 0.480. The van der Waals surface area contributed by atoms with Gasteiger partial charge in [0.1, 0.15) is 0 Å². The van der Waals surface area contributed by atoms with E-state index in [0.717, 1.165) is 28.5 Å². The van der Waals surface area contributed by atoms with Crippen LogP contribution in [0.25, 0.3) is 0 Å². The molecule has 0 spiro atoms. The molecule has 0 atom stereocenters. The van der Waals surface area contributed by atoms with Crippen molar-refractivity contribution in [3.8, 4) is 0 Å². The van der Waals surface area contributed by atoms with Crippen LogP contribution < -0.4 is 0 Å². The Labute approximate surface area is 157 Å². The van der Waals surface area contributed by atoms with Crippen molar-refractivity contribution in [2.45, 2.75) is 66.3 Å². The highest BCUT2D eigenvalue weighted by molar-refractivity contribution is 6.01. The minimum Gasteiger partial charge on any atom is -0.284 e. The third kappa shape index (κ3) is 4.27. The van der Waals surface area contributed by atoms with E-state index in [1.807, 2.05) is 19.1 Å². The van der Waals surface area contributed by atoms with Crippen LogP contribution in [0.15, 0.2) is 40.3 Å². The molecule has 2 aromatic rings. The van der Waals surface area contributed by atoms with Gasteiger partial charge in [0.2, 0.25) is 0 Å². The Kier molecular flexibility index (Phi) is 5.65. The number of rotatable bonds is 4. The first kappa shape index (κ1) is 18.5. The van der Waals surface area contributed by atoms with Gasteiger partial charge in [-0.1, -0.05) is 36.6 Å². The molecular weight excluding hydrogens is 318 g/mol. The molecule has 1 aliphatic carbocycles. The van der Waals surface area contributed by atoms with E-state index in [1.165, 1.54) is 42.4 Å². The summed E-state index contributed by atoms with van der Waals surface area (Å²) in [6.07, 6.45) is 5.03. The Bertz CT molecular complexity index is 833. The number of hydrogen-bond donors (Lipinski definition) is 0. The molecule has 1 aliphatic rings. The summed E-state index contributed by atoms with van der Waals surface area (Å²) in [5.41, 5.74) is 8.59. The summed E-state index contributed by atoms with van der Waals surface area (Å²) in [6.45, 7) is 10.5. The van der Waals surface area contributed by atoms with Gasteiger partial charge >= 0.3 is 0 Å². The lowest BCUT2D eigenvalue weighted by Gasteiger charge is -2.10. The average molecular weight is 348 g/mol. The fraction of sp³-hybridized carbons (Fsp3) is 0.435. The van der Waals surface area contributed by atoms with E-state index in [2.05, 4.69) is 45.9 Å². The molecule has 0 unspecified atom stereocenters. The highest BCUT2D eigenvalue weighted by Gasteiger charge is 2.14. The maximum Gasteiger partial charge on any atom is 0.0849 e. The summed E-state index contributed by atoms with van der Waals surface area (Å²) in [5.74, 6) is 0. The van der Waals surface area contributed by atoms with Crippen LogP contribution in [-0.4, -0.2) is 22.4 Å². The van der Waals surface area contributed by atoms with Gasteiger partial charge in [0.05, 0.1) is 34.5 Å². The SMILES string of the molecule is CC(=Nc1c(C)cc(C)cc1C)c1cccc(C(C)=NC2CCCC2)n1. The van der Waals surface area contributed by atoms with Gasteiger partial charge in [-0.15, -0.1) is 0 Å².